The van der Waals surface area contributed by atoms with E-state index in [4.69, 9.17) is 11.2 Å². The van der Waals surface area contributed by atoms with Gasteiger partial charge in [0, 0.05) is 16.5 Å². The topological polar surface area (TPSA) is 29.5 Å². The molecule has 1 aromatic carbocycles. The third-order valence-electron chi connectivity index (χ3n) is 3.96. The highest BCUT2D eigenvalue weighted by atomic mass is 79.9. The summed E-state index contributed by atoms with van der Waals surface area (Å²) in [6.07, 6.45) is 7.94. The first kappa shape index (κ1) is 14.4. The minimum Gasteiger partial charge on any atom is -0.353 e. The average molecular weight is 346 g/mol. The van der Waals surface area contributed by atoms with Gasteiger partial charge in [0.05, 0.1) is 18.3 Å². The van der Waals surface area contributed by atoms with Gasteiger partial charge in [-0.05, 0) is 26.0 Å². The summed E-state index contributed by atoms with van der Waals surface area (Å²) >= 11 is 3.57. The number of fused-ring (bicyclic) bond motifs is 2. The molecule has 0 radical (unpaired) electrons. The Morgan fingerprint density at radius 1 is 1.57 bits per heavy atom. The largest absolute Gasteiger partial charge is 0.353 e. The number of hydrogen-bond acceptors (Lipinski definition) is 2. The Labute approximate surface area is 133 Å². The fourth-order valence-corrected chi connectivity index (χ4v) is 4.01. The summed E-state index contributed by atoms with van der Waals surface area (Å²) in [4.78, 5) is 14.7. The smallest absolute Gasteiger partial charge is 0.265 e. The van der Waals surface area contributed by atoms with Gasteiger partial charge in [-0.2, -0.15) is 0 Å². The van der Waals surface area contributed by atoms with Gasteiger partial charge >= 0.3 is 0 Å². The zero-order valence-electron chi connectivity index (χ0n) is 12.0. The molecule has 0 N–H and O–H groups in total. The normalized spacial score (nSPS) is 27.5. The maximum atomic E-state index is 13.0. The van der Waals surface area contributed by atoms with Gasteiger partial charge in [0.25, 0.3) is 5.91 Å². The number of rotatable bonds is 1. The van der Waals surface area contributed by atoms with Gasteiger partial charge in [-0.3, -0.25) is 9.69 Å². The van der Waals surface area contributed by atoms with Crippen LogP contribution in [-0.2, 0) is 15.1 Å². The van der Waals surface area contributed by atoms with Crippen molar-refractivity contribution in [2.75, 3.05) is 11.4 Å². The molecule has 3 rings (SSSR count). The van der Waals surface area contributed by atoms with E-state index >= 15 is 0 Å². The SMILES string of the molecule is C#CCN1C(=O)C2(CC(C)=C[C@@H](C)O2)c2c(Br)cccc21. The first-order chi connectivity index (χ1) is 9.99. The van der Waals surface area contributed by atoms with Crippen LogP contribution in [0, 0.1) is 12.3 Å². The summed E-state index contributed by atoms with van der Waals surface area (Å²) in [5, 5.41) is 0. The number of benzene rings is 1. The van der Waals surface area contributed by atoms with Crippen LogP contribution in [0.4, 0.5) is 5.69 Å². The van der Waals surface area contributed by atoms with E-state index in [9.17, 15) is 4.79 Å². The molecule has 108 valence electrons. The molecule has 2 aliphatic heterocycles. The van der Waals surface area contributed by atoms with Crippen molar-refractivity contribution in [2.24, 2.45) is 0 Å². The highest BCUT2D eigenvalue weighted by molar-refractivity contribution is 9.10. The molecular formula is C17H16BrNO2. The maximum Gasteiger partial charge on any atom is 0.265 e. The van der Waals surface area contributed by atoms with Gasteiger partial charge < -0.3 is 4.74 Å². The third kappa shape index (κ3) is 2.04. The van der Waals surface area contributed by atoms with Crippen molar-refractivity contribution in [1.29, 1.82) is 0 Å². The first-order valence-corrected chi connectivity index (χ1v) is 7.68. The van der Waals surface area contributed by atoms with E-state index in [-0.39, 0.29) is 18.6 Å². The maximum absolute atomic E-state index is 13.0. The Bertz CT molecular complexity index is 689. The standard InChI is InChI=1S/C17H16BrNO2/c1-4-8-19-14-7-5-6-13(18)15(14)17(16(19)20)10-11(2)9-12(3)21-17/h1,5-7,9,12H,8,10H2,2-3H3/t12-,17?/m1/s1. The number of hydrogen-bond donors (Lipinski definition) is 0. The number of carbonyl (C=O) groups is 1. The van der Waals surface area contributed by atoms with Crippen molar-refractivity contribution in [2.45, 2.75) is 32.0 Å². The Morgan fingerprint density at radius 3 is 3.00 bits per heavy atom. The molecule has 0 saturated carbocycles. The van der Waals surface area contributed by atoms with Crippen LogP contribution >= 0.6 is 15.9 Å². The molecule has 1 spiro atoms. The lowest BCUT2D eigenvalue weighted by molar-refractivity contribution is -0.150. The zero-order valence-corrected chi connectivity index (χ0v) is 13.6. The van der Waals surface area contributed by atoms with Crippen LogP contribution in [-0.4, -0.2) is 18.6 Å². The number of amides is 1. The molecule has 1 aromatic rings. The fourth-order valence-electron chi connectivity index (χ4n) is 3.34. The molecule has 2 aliphatic rings. The molecule has 3 nitrogen and oxygen atoms in total. The average Bonchev–Trinajstić information content (AvgIpc) is 2.62. The van der Waals surface area contributed by atoms with Crippen LogP contribution < -0.4 is 4.90 Å². The Kier molecular flexibility index (Phi) is 3.43. The van der Waals surface area contributed by atoms with Crippen LogP contribution in [0.3, 0.4) is 0 Å². The van der Waals surface area contributed by atoms with Gasteiger partial charge in [-0.25, -0.2) is 0 Å². The van der Waals surface area contributed by atoms with E-state index in [2.05, 4.69) is 27.9 Å². The number of nitrogens with zero attached hydrogens (tertiary/aromatic N) is 1. The van der Waals surface area contributed by atoms with Crippen molar-refractivity contribution >= 4 is 27.5 Å². The highest BCUT2D eigenvalue weighted by Crippen LogP contribution is 2.51. The second-order valence-electron chi connectivity index (χ2n) is 5.57. The summed E-state index contributed by atoms with van der Waals surface area (Å²) in [6.45, 7) is 4.25. The molecule has 0 fully saturated rings. The first-order valence-electron chi connectivity index (χ1n) is 6.89. The number of carbonyl (C=O) groups excluding carboxylic acids is 1. The molecule has 0 aromatic heterocycles. The number of halogens is 1. The van der Waals surface area contributed by atoms with Gasteiger partial charge in [-0.1, -0.05) is 39.6 Å². The second kappa shape index (κ2) is 5.01. The predicted octanol–water partition coefficient (Wildman–Crippen LogP) is 3.38. The summed E-state index contributed by atoms with van der Waals surface area (Å²) in [7, 11) is 0. The minimum absolute atomic E-state index is 0.0679. The molecule has 1 unspecified atom stereocenters. The summed E-state index contributed by atoms with van der Waals surface area (Å²) < 4.78 is 7.02. The van der Waals surface area contributed by atoms with Gasteiger partial charge in [0.2, 0.25) is 0 Å². The van der Waals surface area contributed by atoms with E-state index in [1.807, 2.05) is 32.0 Å². The van der Waals surface area contributed by atoms with Gasteiger partial charge in [-0.15, -0.1) is 6.42 Å². The van der Waals surface area contributed by atoms with E-state index in [1.54, 1.807) is 4.90 Å². The van der Waals surface area contributed by atoms with E-state index < -0.39 is 5.60 Å². The van der Waals surface area contributed by atoms with Gasteiger partial charge in [0.1, 0.15) is 0 Å². The lowest BCUT2D eigenvalue weighted by Gasteiger charge is -2.35. The van der Waals surface area contributed by atoms with Crippen molar-refractivity contribution < 1.29 is 9.53 Å². The van der Waals surface area contributed by atoms with Crippen molar-refractivity contribution in [3.05, 3.63) is 39.9 Å². The molecule has 2 atom stereocenters. The van der Waals surface area contributed by atoms with Crippen LogP contribution in [0.1, 0.15) is 25.8 Å². The number of ether oxygens (including phenoxy) is 1. The summed E-state index contributed by atoms with van der Waals surface area (Å²) in [6, 6.07) is 5.77. The number of terminal acetylenes is 1. The molecule has 2 heterocycles. The molecule has 0 saturated heterocycles. The zero-order chi connectivity index (χ0) is 15.2. The second-order valence-corrected chi connectivity index (χ2v) is 6.42. The lowest BCUT2D eigenvalue weighted by Crippen LogP contribution is -2.46. The monoisotopic (exact) mass is 345 g/mol. The van der Waals surface area contributed by atoms with Gasteiger partial charge in [0.15, 0.2) is 5.60 Å². The minimum atomic E-state index is -0.954. The Balaban J connectivity index is 2.22. The Morgan fingerprint density at radius 2 is 2.33 bits per heavy atom. The van der Waals surface area contributed by atoms with Crippen LogP contribution in [0.5, 0.6) is 0 Å². The third-order valence-corrected chi connectivity index (χ3v) is 4.62. The molecule has 4 heteroatoms. The fraction of sp³-hybridized carbons (Fsp3) is 0.353. The van der Waals surface area contributed by atoms with Crippen molar-refractivity contribution in [1.82, 2.24) is 0 Å². The van der Waals surface area contributed by atoms with E-state index in [0.29, 0.717) is 6.42 Å². The lowest BCUT2D eigenvalue weighted by atomic mass is 9.85. The van der Waals surface area contributed by atoms with Crippen molar-refractivity contribution in [3.63, 3.8) is 0 Å². The summed E-state index contributed by atoms with van der Waals surface area (Å²) in [5.41, 5.74) is 1.94. The molecule has 0 bridgehead atoms. The highest BCUT2D eigenvalue weighted by Gasteiger charge is 2.54. The van der Waals surface area contributed by atoms with Crippen LogP contribution in [0.25, 0.3) is 0 Å². The van der Waals surface area contributed by atoms with Crippen LogP contribution in [0.2, 0.25) is 0 Å². The quantitative estimate of drug-likeness (QED) is 0.576. The Hall–Kier alpha value is -1.57. The van der Waals surface area contributed by atoms with E-state index in [0.717, 1.165) is 21.3 Å². The predicted molar refractivity (Wildman–Crippen MR) is 85.9 cm³/mol. The summed E-state index contributed by atoms with van der Waals surface area (Å²) in [5.74, 6) is 2.50. The molecule has 21 heavy (non-hydrogen) atoms. The van der Waals surface area contributed by atoms with Crippen molar-refractivity contribution in [3.8, 4) is 12.3 Å². The number of anilines is 1. The van der Waals surface area contributed by atoms with Crippen LogP contribution in [0.15, 0.2) is 34.3 Å². The molecule has 0 aliphatic carbocycles. The van der Waals surface area contributed by atoms with E-state index in [1.165, 1.54) is 0 Å². The molecular weight excluding hydrogens is 330 g/mol. The molecule has 1 amide bonds.